The van der Waals surface area contributed by atoms with Crippen molar-refractivity contribution in [1.29, 1.82) is 0 Å². The van der Waals surface area contributed by atoms with Crippen LogP contribution < -0.4 is 0 Å². The molecule has 6 nitrogen and oxygen atoms in total. The Morgan fingerprint density at radius 3 is 2.35 bits per heavy atom. The summed E-state index contributed by atoms with van der Waals surface area (Å²) < 4.78 is 5.56. The monoisotopic (exact) mass is 541 g/mol. The van der Waals surface area contributed by atoms with E-state index in [0.29, 0.717) is 30.2 Å². The first-order valence-corrected chi connectivity index (χ1v) is 14.8. The highest BCUT2D eigenvalue weighted by atomic mass is 16.4. The first-order valence-electron chi connectivity index (χ1n) is 14.8. The number of likely N-dealkylation sites (tertiary alicyclic amines) is 2. The summed E-state index contributed by atoms with van der Waals surface area (Å²) in [5.74, 6) is 0.308. The second-order valence-electron chi connectivity index (χ2n) is 11.4. The van der Waals surface area contributed by atoms with Gasteiger partial charge in [0, 0.05) is 56.9 Å². The highest BCUT2D eigenvalue weighted by Gasteiger charge is 2.42. The van der Waals surface area contributed by atoms with Gasteiger partial charge in [-0.1, -0.05) is 67.2 Å². The Morgan fingerprint density at radius 1 is 1.02 bits per heavy atom. The number of furan rings is 1. The Bertz CT molecular complexity index is 1210. The normalized spacial score (nSPS) is 21.3. The molecule has 2 aromatic carbocycles. The molecule has 3 atom stereocenters. The third-order valence-electron chi connectivity index (χ3n) is 8.89. The molecule has 1 unspecified atom stereocenters. The molecule has 2 fully saturated rings. The van der Waals surface area contributed by atoms with Gasteiger partial charge in [-0.15, -0.1) is 0 Å². The fourth-order valence-electron chi connectivity index (χ4n) is 6.85. The lowest BCUT2D eigenvalue weighted by atomic mass is 9.88. The maximum atomic E-state index is 12.3. The Hall–Kier alpha value is -3.35. The van der Waals surface area contributed by atoms with E-state index in [1.165, 1.54) is 16.8 Å². The number of nitrogens with zero attached hydrogens (tertiary/aromatic N) is 3. The minimum Gasteiger partial charge on any atom is -0.480 e. The summed E-state index contributed by atoms with van der Waals surface area (Å²) in [6.45, 7) is 12.3. The number of rotatable bonds is 12. The molecule has 0 bridgehead atoms. The minimum atomic E-state index is -0.852. The predicted octanol–water partition coefficient (Wildman–Crippen LogP) is 6.05. The molecule has 3 aromatic rings. The van der Waals surface area contributed by atoms with E-state index in [1.807, 2.05) is 6.07 Å². The zero-order valence-corrected chi connectivity index (χ0v) is 23.7. The molecule has 40 heavy (non-hydrogen) atoms. The topological polar surface area (TPSA) is 60.2 Å². The van der Waals surface area contributed by atoms with Crippen LogP contribution >= 0.6 is 0 Å². The van der Waals surface area contributed by atoms with Crippen LogP contribution in [0.15, 0.2) is 95.8 Å². The summed E-state index contributed by atoms with van der Waals surface area (Å²) in [4.78, 5) is 19.5. The van der Waals surface area contributed by atoms with Crippen LogP contribution in [0.3, 0.4) is 0 Å². The molecule has 0 radical (unpaired) electrons. The first-order chi connectivity index (χ1) is 19.5. The number of allylic oxidation sites excluding steroid dienone is 1. The lowest BCUT2D eigenvalue weighted by Crippen LogP contribution is -2.46. The largest absolute Gasteiger partial charge is 0.480 e. The number of benzene rings is 2. The molecule has 3 heterocycles. The standard InChI is InChI=1S/C34H43N3O3/c1-3-37(26(2)16-17-27-11-6-4-7-12-27)30-18-20-35(21-19-30)23-29-24-36(25-31(29)28-13-8-5-9-14-28)33(34(38)39)32-15-10-22-40-32/h4-15,22,29-31,33H,2-3,16-21,23-25H2,1H3,(H,38,39)/t29-,31+,33?/m0/s1. The van der Waals surface area contributed by atoms with Gasteiger partial charge in [0.05, 0.1) is 6.26 Å². The summed E-state index contributed by atoms with van der Waals surface area (Å²) >= 11 is 0. The highest BCUT2D eigenvalue weighted by molar-refractivity contribution is 5.74. The van der Waals surface area contributed by atoms with Gasteiger partial charge in [-0.2, -0.15) is 0 Å². The molecule has 2 aliphatic heterocycles. The average Bonchev–Trinajstić information content (AvgIpc) is 3.65. The van der Waals surface area contributed by atoms with Crippen molar-refractivity contribution >= 4 is 5.97 Å². The van der Waals surface area contributed by atoms with Gasteiger partial charge < -0.3 is 19.3 Å². The first kappa shape index (κ1) is 28.2. The molecule has 2 saturated heterocycles. The van der Waals surface area contributed by atoms with Crippen LogP contribution in [0.5, 0.6) is 0 Å². The zero-order chi connectivity index (χ0) is 27.9. The third-order valence-corrected chi connectivity index (χ3v) is 8.89. The van der Waals surface area contributed by atoms with Gasteiger partial charge in [0.15, 0.2) is 6.04 Å². The van der Waals surface area contributed by atoms with Gasteiger partial charge in [-0.25, -0.2) is 0 Å². The van der Waals surface area contributed by atoms with Crippen molar-refractivity contribution in [3.8, 4) is 0 Å². The van der Waals surface area contributed by atoms with Crippen molar-refractivity contribution in [2.75, 3.05) is 39.3 Å². The second kappa shape index (κ2) is 13.3. The molecule has 0 saturated carbocycles. The highest BCUT2D eigenvalue weighted by Crippen LogP contribution is 2.38. The van der Waals surface area contributed by atoms with Gasteiger partial charge >= 0.3 is 5.97 Å². The van der Waals surface area contributed by atoms with E-state index in [9.17, 15) is 9.90 Å². The Labute approximate surface area is 238 Å². The second-order valence-corrected chi connectivity index (χ2v) is 11.4. The lowest BCUT2D eigenvalue weighted by Gasteiger charge is -2.41. The van der Waals surface area contributed by atoms with E-state index in [-0.39, 0.29) is 0 Å². The van der Waals surface area contributed by atoms with Crippen molar-refractivity contribution in [2.24, 2.45) is 5.92 Å². The number of piperidine rings is 1. The van der Waals surface area contributed by atoms with E-state index in [2.05, 4.69) is 82.8 Å². The molecular weight excluding hydrogens is 498 g/mol. The van der Waals surface area contributed by atoms with Crippen LogP contribution in [-0.4, -0.2) is 71.1 Å². The molecule has 0 aliphatic carbocycles. The predicted molar refractivity (Wildman–Crippen MR) is 159 cm³/mol. The number of aryl methyl sites for hydroxylation is 1. The van der Waals surface area contributed by atoms with Crippen LogP contribution in [0.1, 0.15) is 55.0 Å². The molecule has 0 amide bonds. The SMILES string of the molecule is C=C(CCc1ccccc1)N(CC)C1CCN(C[C@H]2CN(C(C(=O)O)c3ccco3)C[C@@H]2c2ccccc2)CC1. The summed E-state index contributed by atoms with van der Waals surface area (Å²) in [7, 11) is 0. The molecule has 5 rings (SSSR count). The minimum absolute atomic E-state index is 0.292. The van der Waals surface area contributed by atoms with Gasteiger partial charge in [0.25, 0.3) is 0 Å². The number of carboxylic acid groups (broad SMARTS) is 1. The molecular formula is C34H43N3O3. The summed E-state index contributed by atoms with van der Waals surface area (Å²) in [6, 6.07) is 24.6. The van der Waals surface area contributed by atoms with Gasteiger partial charge in [0.2, 0.25) is 0 Å². The number of carboxylic acids is 1. The Kier molecular flexibility index (Phi) is 9.40. The van der Waals surface area contributed by atoms with E-state index < -0.39 is 12.0 Å². The number of hydrogen-bond acceptors (Lipinski definition) is 5. The quantitative estimate of drug-likeness (QED) is 0.301. The van der Waals surface area contributed by atoms with Crippen molar-refractivity contribution < 1.29 is 14.3 Å². The summed E-state index contributed by atoms with van der Waals surface area (Å²) in [5.41, 5.74) is 3.91. The van der Waals surface area contributed by atoms with E-state index in [0.717, 1.165) is 58.4 Å². The van der Waals surface area contributed by atoms with Gasteiger partial charge in [-0.05, 0) is 61.8 Å². The Morgan fingerprint density at radius 2 is 1.73 bits per heavy atom. The fraction of sp³-hybridized carbons (Fsp3) is 0.441. The Balaban J connectivity index is 1.21. The molecule has 1 aromatic heterocycles. The van der Waals surface area contributed by atoms with Crippen molar-refractivity contribution in [1.82, 2.24) is 14.7 Å². The fourth-order valence-corrected chi connectivity index (χ4v) is 6.85. The van der Waals surface area contributed by atoms with E-state index in [4.69, 9.17) is 4.42 Å². The van der Waals surface area contributed by atoms with Crippen molar-refractivity contribution in [3.63, 3.8) is 0 Å². The maximum Gasteiger partial charge on any atom is 0.328 e. The van der Waals surface area contributed by atoms with Crippen LogP contribution in [0.2, 0.25) is 0 Å². The number of hydrogen-bond donors (Lipinski definition) is 1. The molecule has 2 aliphatic rings. The molecule has 6 heteroatoms. The molecule has 0 spiro atoms. The van der Waals surface area contributed by atoms with Crippen LogP contribution in [0, 0.1) is 5.92 Å². The van der Waals surface area contributed by atoms with Crippen molar-refractivity contribution in [2.45, 2.75) is 50.6 Å². The number of aliphatic carboxylic acids is 1. The van der Waals surface area contributed by atoms with Crippen LogP contribution in [0.4, 0.5) is 0 Å². The average molecular weight is 542 g/mol. The smallest absolute Gasteiger partial charge is 0.328 e. The maximum absolute atomic E-state index is 12.3. The van der Waals surface area contributed by atoms with E-state index >= 15 is 0 Å². The summed E-state index contributed by atoms with van der Waals surface area (Å²) in [5, 5.41) is 10.1. The number of carbonyl (C=O) groups is 1. The molecule has 1 N–H and O–H groups in total. The van der Waals surface area contributed by atoms with Crippen LogP contribution in [0.25, 0.3) is 0 Å². The van der Waals surface area contributed by atoms with Gasteiger partial charge in [0.1, 0.15) is 5.76 Å². The molecule has 212 valence electrons. The van der Waals surface area contributed by atoms with E-state index in [1.54, 1.807) is 18.4 Å². The zero-order valence-electron chi connectivity index (χ0n) is 23.7. The summed E-state index contributed by atoms with van der Waals surface area (Å²) in [6.07, 6.45) is 5.86. The van der Waals surface area contributed by atoms with Crippen molar-refractivity contribution in [3.05, 3.63) is 108 Å². The lowest BCUT2D eigenvalue weighted by molar-refractivity contribution is -0.143. The van der Waals surface area contributed by atoms with Crippen LogP contribution in [-0.2, 0) is 11.2 Å². The third kappa shape index (κ3) is 6.68. The van der Waals surface area contributed by atoms with Gasteiger partial charge in [-0.3, -0.25) is 9.69 Å².